The fourth-order valence-corrected chi connectivity index (χ4v) is 2.81. The lowest BCUT2D eigenvalue weighted by molar-refractivity contribution is -0.0498. The van der Waals surface area contributed by atoms with Gasteiger partial charge in [0.1, 0.15) is 0 Å². The van der Waals surface area contributed by atoms with Crippen molar-refractivity contribution in [2.24, 2.45) is 11.8 Å². The number of benzene rings is 1. The molecule has 100 valence electrons. The number of alkyl halides is 2. The van der Waals surface area contributed by atoms with Gasteiger partial charge in [0, 0.05) is 18.9 Å². The maximum absolute atomic E-state index is 13.2. The van der Waals surface area contributed by atoms with Gasteiger partial charge in [0.05, 0.1) is 0 Å². The van der Waals surface area contributed by atoms with E-state index in [2.05, 4.69) is 5.43 Å². The van der Waals surface area contributed by atoms with Crippen molar-refractivity contribution in [2.75, 3.05) is 0 Å². The van der Waals surface area contributed by atoms with Crippen LogP contribution < -0.4 is 11.3 Å². The Morgan fingerprint density at radius 3 is 2.44 bits per heavy atom. The molecule has 0 heterocycles. The lowest BCUT2D eigenvalue weighted by atomic mass is 9.79. The maximum Gasteiger partial charge on any atom is 0.248 e. The highest BCUT2D eigenvalue weighted by molar-refractivity contribution is 5.29. The molecule has 0 aliphatic heterocycles. The third-order valence-corrected chi connectivity index (χ3v) is 3.94. The zero-order valence-corrected chi connectivity index (χ0v) is 10.6. The highest BCUT2D eigenvalue weighted by atomic mass is 19.3. The fourth-order valence-electron chi connectivity index (χ4n) is 2.81. The molecule has 0 spiro atoms. The van der Waals surface area contributed by atoms with E-state index in [1.807, 2.05) is 31.2 Å². The summed E-state index contributed by atoms with van der Waals surface area (Å²) in [7, 11) is 0. The number of nitrogens with one attached hydrogen (secondary N) is 1. The van der Waals surface area contributed by atoms with Gasteiger partial charge in [-0.05, 0) is 36.8 Å². The van der Waals surface area contributed by atoms with Crippen molar-refractivity contribution in [3.63, 3.8) is 0 Å². The number of hydrogen-bond donors (Lipinski definition) is 2. The Labute approximate surface area is 107 Å². The van der Waals surface area contributed by atoms with E-state index < -0.39 is 5.92 Å². The number of hydrazine groups is 1. The van der Waals surface area contributed by atoms with Crippen LogP contribution in [0.4, 0.5) is 8.78 Å². The number of hydrogen-bond acceptors (Lipinski definition) is 2. The summed E-state index contributed by atoms with van der Waals surface area (Å²) >= 11 is 0. The molecular formula is C14H20F2N2. The molecule has 0 saturated heterocycles. The highest BCUT2D eigenvalue weighted by Crippen LogP contribution is 2.41. The molecular weight excluding hydrogens is 234 g/mol. The first kappa shape index (κ1) is 13.4. The van der Waals surface area contributed by atoms with Crippen LogP contribution in [-0.4, -0.2) is 5.92 Å². The first-order valence-corrected chi connectivity index (χ1v) is 6.43. The number of rotatable bonds is 3. The highest BCUT2D eigenvalue weighted by Gasteiger charge is 2.37. The van der Waals surface area contributed by atoms with Gasteiger partial charge in [0.25, 0.3) is 0 Å². The first-order valence-electron chi connectivity index (χ1n) is 6.43. The molecule has 1 aliphatic rings. The summed E-state index contributed by atoms with van der Waals surface area (Å²) in [4.78, 5) is 0. The summed E-state index contributed by atoms with van der Waals surface area (Å²) in [5.74, 6) is 3.34. The van der Waals surface area contributed by atoms with Gasteiger partial charge >= 0.3 is 0 Å². The Bertz CT molecular complexity index is 397. The van der Waals surface area contributed by atoms with Gasteiger partial charge in [-0.2, -0.15) is 0 Å². The van der Waals surface area contributed by atoms with Crippen LogP contribution in [0, 0.1) is 12.8 Å². The van der Waals surface area contributed by atoms with Crippen molar-refractivity contribution >= 4 is 0 Å². The van der Waals surface area contributed by atoms with E-state index in [9.17, 15) is 8.78 Å². The molecule has 0 bridgehead atoms. The van der Waals surface area contributed by atoms with Crippen LogP contribution in [0.5, 0.6) is 0 Å². The minimum absolute atomic E-state index is 0.0256. The monoisotopic (exact) mass is 254 g/mol. The van der Waals surface area contributed by atoms with Crippen LogP contribution in [0.15, 0.2) is 24.3 Å². The molecule has 2 nitrogen and oxygen atoms in total. The second kappa shape index (κ2) is 5.33. The molecule has 3 N–H and O–H groups in total. The van der Waals surface area contributed by atoms with Crippen molar-refractivity contribution in [3.05, 3.63) is 35.4 Å². The van der Waals surface area contributed by atoms with Crippen LogP contribution in [-0.2, 0) is 0 Å². The molecule has 18 heavy (non-hydrogen) atoms. The van der Waals surface area contributed by atoms with E-state index in [1.54, 1.807) is 0 Å². The van der Waals surface area contributed by atoms with Gasteiger partial charge in [-0.15, -0.1) is 0 Å². The molecule has 1 aromatic carbocycles. The molecule has 1 aromatic rings. The molecule has 0 aromatic heterocycles. The van der Waals surface area contributed by atoms with E-state index >= 15 is 0 Å². The van der Waals surface area contributed by atoms with Crippen LogP contribution in [0.1, 0.15) is 42.9 Å². The largest absolute Gasteiger partial charge is 0.271 e. The van der Waals surface area contributed by atoms with E-state index in [-0.39, 0.29) is 24.8 Å². The van der Waals surface area contributed by atoms with Crippen LogP contribution in [0.25, 0.3) is 0 Å². The molecule has 1 atom stereocenters. The predicted octanol–water partition coefficient (Wildman–Crippen LogP) is 3.32. The topological polar surface area (TPSA) is 38.0 Å². The Morgan fingerprint density at radius 1 is 1.28 bits per heavy atom. The summed E-state index contributed by atoms with van der Waals surface area (Å²) in [6, 6.07) is 7.96. The smallest absolute Gasteiger partial charge is 0.248 e. The van der Waals surface area contributed by atoms with Crippen molar-refractivity contribution in [1.29, 1.82) is 0 Å². The SMILES string of the molecule is Cc1ccccc1C(NN)C1CCC(F)(F)CC1. The molecule has 2 rings (SSSR count). The van der Waals surface area contributed by atoms with Crippen LogP contribution in [0.2, 0.25) is 0 Å². The Kier molecular flexibility index (Phi) is 3.97. The third kappa shape index (κ3) is 2.87. The molecule has 1 fully saturated rings. The number of nitrogens with two attached hydrogens (primary N) is 1. The van der Waals surface area contributed by atoms with Gasteiger partial charge in [-0.25, -0.2) is 8.78 Å². The predicted molar refractivity (Wildman–Crippen MR) is 68.1 cm³/mol. The first-order chi connectivity index (χ1) is 8.53. The van der Waals surface area contributed by atoms with Crippen molar-refractivity contribution in [3.8, 4) is 0 Å². The standard InChI is InChI=1S/C14H20F2N2/c1-10-4-2-3-5-12(10)13(18-17)11-6-8-14(15,16)9-7-11/h2-5,11,13,18H,6-9,17H2,1H3. The van der Waals surface area contributed by atoms with Crippen molar-refractivity contribution < 1.29 is 8.78 Å². The van der Waals surface area contributed by atoms with E-state index in [4.69, 9.17) is 5.84 Å². The number of halogens is 2. The Balaban J connectivity index is 2.13. The van der Waals surface area contributed by atoms with E-state index in [0.717, 1.165) is 11.1 Å². The van der Waals surface area contributed by atoms with E-state index in [1.165, 1.54) is 0 Å². The minimum atomic E-state index is -2.48. The van der Waals surface area contributed by atoms with Crippen molar-refractivity contribution in [1.82, 2.24) is 5.43 Å². The van der Waals surface area contributed by atoms with Crippen molar-refractivity contribution in [2.45, 2.75) is 44.6 Å². The quantitative estimate of drug-likeness (QED) is 0.641. The lowest BCUT2D eigenvalue weighted by Crippen LogP contribution is -2.37. The zero-order chi connectivity index (χ0) is 13.2. The minimum Gasteiger partial charge on any atom is -0.271 e. The second-order valence-electron chi connectivity index (χ2n) is 5.19. The maximum atomic E-state index is 13.2. The van der Waals surface area contributed by atoms with Gasteiger partial charge in [-0.3, -0.25) is 11.3 Å². The Morgan fingerprint density at radius 2 is 1.89 bits per heavy atom. The van der Waals surface area contributed by atoms with Gasteiger partial charge in [0.15, 0.2) is 0 Å². The summed E-state index contributed by atoms with van der Waals surface area (Å²) in [5, 5.41) is 0. The summed E-state index contributed by atoms with van der Waals surface area (Å²) in [5.41, 5.74) is 5.08. The summed E-state index contributed by atoms with van der Waals surface area (Å²) in [6.07, 6.45) is 0.996. The van der Waals surface area contributed by atoms with Gasteiger partial charge < -0.3 is 0 Å². The van der Waals surface area contributed by atoms with Gasteiger partial charge in [-0.1, -0.05) is 24.3 Å². The average molecular weight is 254 g/mol. The summed E-state index contributed by atoms with van der Waals surface area (Å²) in [6.45, 7) is 2.02. The lowest BCUT2D eigenvalue weighted by Gasteiger charge is -2.34. The molecule has 0 amide bonds. The normalized spacial score (nSPS) is 21.8. The molecule has 1 aliphatic carbocycles. The second-order valence-corrected chi connectivity index (χ2v) is 5.19. The molecule has 1 unspecified atom stereocenters. The molecule has 4 heteroatoms. The van der Waals surface area contributed by atoms with Crippen LogP contribution in [0.3, 0.4) is 0 Å². The molecule has 1 saturated carbocycles. The Hall–Kier alpha value is -1.00. The average Bonchev–Trinajstić information content (AvgIpc) is 2.34. The third-order valence-electron chi connectivity index (χ3n) is 3.94. The summed E-state index contributed by atoms with van der Waals surface area (Å²) < 4.78 is 26.4. The zero-order valence-electron chi connectivity index (χ0n) is 10.6. The van der Waals surface area contributed by atoms with E-state index in [0.29, 0.717) is 12.8 Å². The fraction of sp³-hybridized carbons (Fsp3) is 0.571. The van der Waals surface area contributed by atoms with Gasteiger partial charge in [0.2, 0.25) is 5.92 Å². The number of aryl methyl sites for hydroxylation is 1. The van der Waals surface area contributed by atoms with Crippen LogP contribution >= 0.6 is 0 Å². The molecule has 0 radical (unpaired) electrons.